The third kappa shape index (κ3) is 3.56. The van der Waals surface area contributed by atoms with E-state index in [2.05, 4.69) is 5.32 Å². The van der Waals surface area contributed by atoms with Crippen molar-refractivity contribution < 1.29 is 5.11 Å². The second kappa shape index (κ2) is 6.14. The van der Waals surface area contributed by atoms with E-state index in [1.54, 1.807) is 0 Å². The minimum Gasteiger partial charge on any atom is -0.395 e. The second-order valence-electron chi connectivity index (χ2n) is 3.11. The first-order valence-electron chi connectivity index (χ1n) is 4.62. The molecule has 2 N–H and O–H groups in total. The molecular formula is C11H14N2O. The number of nitrogens with one attached hydrogen (secondary N) is 1. The Hall–Kier alpha value is -1.37. The van der Waals surface area contributed by atoms with Crippen molar-refractivity contribution >= 4 is 0 Å². The molecular weight excluding hydrogens is 176 g/mol. The van der Waals surface area contributed by atoms with Crippen molar-refractivity contribution in [2.75, 3.05) is 13.2 Å². The van der Waals surface area contributed by atoms with Gasteiger partial charge in [-0.2, -0.15) is 5.26 Å². The molecule has 0 aliphatic rings. The molecule has 0 saturated carbocycles. The molecule has 0 spiro atoms. The van der Waals surface area contributed by atoms with Gasteiger partial charge in [-0.05, 0) is 12.0 Å². The highest BCUT2D eigenvalue weighted by Gasteiger charge is 2.06. The van der Waals surface area contributed by atoms with E-state index in [4.69, 9.17) is 10.4 Å². The Balaban J connectivity index is 2.45. The van der Waals surface area contributed by atoms with Crippen LogP contribution in [0.5, 0.6) is 0 Å². The van der Waals surface area contributed by atoms with E-state index >= 15 is 0 Å². The van der Waals surface area contributed by atoms with Gasteiger partial charge in [0.2, 0.25) is 0 Å². The number of hydrogen-bond acceptors (Lipinski definition) is 3. The highest BCUT2D eigenvalue weighted by molar-refractivity contribution is 5.15. The van der Waals surface area contributed by atoms with Crippen LogP contribution in [0.1, 0.15) is 5.56 Å². The Labute approximate surface area is 84.0 Å². The summed E-state index contributed by atoms with van der Waals surface area (Å²) >= 11 is 0. The van der Waals surface area contributed by atoms with Gasteiger partial charge in [0.1, 0.15) is 0 Å². The van der Waals surface area contributed by atoms with E-state index in [1.807, 2.05) is 36.4 Å². The maximum atomic E-state index is 9.04. The van der Waals surface area contributed by atoms with Gasteiger partial charge in [-0.1, -0.05) is 30.3 Å². The third-order valence-electron chi connectivity index (χ3n) is 2.02. The van der Waals surface area contributed by atoms with E-state index in [0.717, 1.165) is 12.0 Å². The third-order valence-corrected chi connectivity index (χ3v) is 2.02. The van der Waals surface area contributed by atoms with E-state index in [1.165, 1.54) is 0 Å². The average Bonchev–Trinajstić information content (AvgIpc) is 2.25. The molecule has 1 aromatic carbocycles. The van der Waals surface area contributed by atoms with Crippen molar-refractivity contribution in [2.24, 2.45) is 0 Å². The normalized spacial score (nSPS) is 12.0. The predicted molar refractivity (Wildman–Crippen MR) is 54.6 cm³/mol. The number of rotatable bonds is 5. The number of aliphatic hydroxyl groups is 1. The van der Waals surface area contributed by atoms with Gasteiger partial charge in [0, 0.05) is 6.04 Å². The molecule has 1 aromatic rings. The summed E-state index contributed by atoms with van der Waals surface area (Å²) in [6.45, 7) is 0.328. The first-order chi connectivity index (χ1) is 6.86. The topological polar surface area (TPSA) is 56.0 Å². The Kier molecular flexibility index (Phi) is 4.70. The van der Waals surface area contributed by atoms with Gasteiger partial charge in [0.15, 0.2) is 0 Å². The largest absolute Gasteiger partial charge is 0.395 e. The Morgan fingerprint density at radius 2 is 2.07 bits per heavy atom. The molecule has 3 nitrogen and oxygen atoms in total. The zero-order valence-corrected chi connectivity index (χ0v) is 7.98. The summed E-state index contributed by atoms with van der Waals surface area (Å²) in [5.74, 6) is 0. The number of benzene rings is 1. The van der Waals surface area contributed by atoms with E-state index in [-0.39, 0.29) is 19.2 Å². The highest BCUT2D eigenvalue weighted by Crippen LogP contribution is 2.02. The van der Waals surface area contributed by atoms with Gasteiger partial charge in [-0.25, -0.2) is 0 Å². The molecule has 0 heterocycles. The summed E-state index contributed by atoms with van der Waals surface area (Å²) in [6.07, 6.45) is 0.749. The lowest BCUT2D eigenvalue weighted by Crippen LogP contribution is -2.34. The summed E-state index contributed by atoms with van der Waals surface area (Å²) in [6, 6.07) is 11.9. The Morgan fingerprint density at radius 1 is 1.36 bits per heavy atom. The van der Waals surface area contributed by atoms with Gasteiger partial charge in [-0.15, -0.1) is 0 Å². The van der Waals surface area contributed by atoms with Crippen molar-refractivity contribution in [2.45, 2.75) is 12.5 Å². The van der Waals surface area contributed by atoms with Crippen molar-refractivity contribution in [3.05, 3.63) is 35.9 Å². The van der Waals surface area contributed by atoms with Crippen LogP contribution in [0.15, 0.2) is 30.3 Å². The molecule has 74 valence electrons. The fourth-order valence-corrected chi connectivity index (χ4v) is 1.29. The first kappa shape index (κ1) is 10.7. The molecule has 0 aliphatic heterocycles. The monoisotopic (exact) mass is 190 g/mol. The summed E-state index contributed by atoms with van der Waals surface area (Å²) < 4.78 is 0. The first-order valence-corrected chi connectivity index (χ1v) is 4.62. The smallest absolute Gasteiger partial charge is 0.0843 e. The van der Waals surface area contributed by atoms with Crippen LogP contribution in [0.3, 0.4) is 0 Å². The van der Waals surface area contributed by atoms with E-state index < -0.39 is 0 Å². The Morgan fingerprint density at radius 3 is 2.64 bits per heavy atom. The van der Waals surface area contributed by atoms with E-state index in [0.29, 0.717) is 0 Å². The number of aliphatic hydroxyl groups excluding tert-OH is 1. The number of hydrogen-bond donors (Lipinski definition) is 2. The summed E-state index contributed by atoms with van der Waals surface area (Å²) in [5, 5.41) is 20.4. The van der Waals surface area contributed by atoms with Gasteiger partial charge in [-0.3, -0.25) is 5.32 Å². The highest BCUT2D eigenvalue weighted by atomic mass is 16.3. The molecule has 0 radical (unpaired) electrons. The minimum atomic E-state index is -0.0305. The van der Waals surface area contributed by atoms with Crippen LogP contribution >= 0.6 is 0 Å². The average molecular weight is 190 g/mol. The van der Waals surface area contributed by atoms with Crippen molar-refractivity contribution in [1.82, 2.24) is 5.32 Å². The number of nitriles is 1. The fourth-order valence-electron chi connectivity index (χ4n) is 1.29. The summed E-state index contributed by atoms with van der Waals surface area (Å²) in [7, 11) is 0. The second-order valence-corrected chi connectivity index (χ2v) is 3.11. The predicted octanol–water partition coefficient (Wildman–Crippen LogP) is 0.703. The zero-order valence-electron chi connectivity index (χ0n) is 7.98. The Bertz CT molecular complexity index is 292. The quantitative estimate of drug-likeness (QED) is 0.672. The standard InChI is InChI=1S/C11H14N2O/c12-6-7-13-11(9-14)8-10-4-2-1-3-5-10/h1-5,11,13-14H,7-9H2. The lowest BCUT2D eigenvalue weighted by molar-refractivity contribution is 0.245. The molecule has 3 heteroatoms. The molecule has 0 saturated heterocycles. The van der Waals surface area contributed by atoms with Gasteiger partial charge >= 0.3 is 0 Å². The molecule has 1 atom stereocenters. The molecule has 1 rings (SSSR count). The molecule has 0 aromatic heterocycles. The lowest BCUT2D eigenvalue weighted by Gasteiger charge is -2.13. The van der Waals surface area contributed by atoms with Crippen molar-refractivity contribution in [3.8, 4) is 6.07 Å². The van der Waals surface area contributed by atoms with E-state index in [9.17, 15) is 0 Å². The maximum absolute atomic E-state index is 9.04. The molecule has 0 aliphatic carbocycles. The van der Waals surface area contributed by atoms with Gasteiger partial charge in [0.05, 0.1) is 19.2 Å². The molecule has 0 bridgehead atoms. The molecule has 14 heavy (non-hydrogen) atoms. The van der Waals surface area contributed by atoms with Crippen LogP contribution in [0.25, 0.3) is 0 Å². The van der Waals surface area contributed by atoms with Crippen LogP contribution in [-0.2, 0) is 6.42 Å². The lowest BCUT2D eigenvalue weighted by atomic mass is 10.1. The maximum Gasteiger partial charge on any atom is 0.0843 e. The van der Waals surface area contributed by atoms with Gasteiger partial charge in [0.25, 0.3) is 0 Å². The number of nitrogens with zero attached hydrogens (tertiary/aromatic N) is 1. The van der Waals surface area contributed by atoms with Crippen LogP contribution < -0.4 is 5.32 Å². The van der Waals surface area contributed by atoms with Crippen LogP contribution in [0.4, 0.5) is 0 Å². The van der Waals surface area contributed by atoms with Crippen LogP contribution in [-0.4, -0.2) is 24.3 Å². The fraction of sp³-hybridized carbons (Fsp3) is 0.364. The van der Waals surface area contributed by atoms with Crippen LogP contribution in [0.2, 0.25) is 0 Å². The van der Waals surface area contributed by atoms with Crippen molar-refractivity contribution in [1.29, 1.82) is 5.26 Å². The van der Waals surface area contributed by atoms with Crippen molar-refractivity contribution in [3.63, 3.8) is 0 Å². The SMILES string of the molecule is N#CCNC(CO)Cc1ccccc1. The summed E-state index contributed by atoms with van der Waals surface area (Å²) in [5.41, 5.74) is 1.16. The zero-order chi connectivity index (χ0) is 10.2. The van der Waals surface area contributed by atoms with Crippen LogP contribution in [0, 0.1) is 11.3 Å². The minimum absolute atomic E-state index is 0.0305. The summed E-state index contributed by atoms with van der Waals surface area (Å²) in [4.78, 5) is 0. The van der Waals surface area contributed by atoms with Gasteiger partial charge < -0.3 is 5.11 Å². The molecule has 0 amide bonds. The molecule has 1 unspecified atom stereocenters. The molecule has 0 fully saturated rings.